The normalized spacial score (nSPS) is 10.6. The molecule has 0 radical (unpaired) electrons. The zero-order valence-corrected chi connectivity index (χ0v) is 15.1. The van der Waals surface area contributed by atoms with E-state index in [0.29, 0.717) is 0 Å². The standard InChI is InChI=1S/C14H16N2Te2/c1-9-4-3-5-13(14(9)16)18-17-11-6-7-12(15)10(2)8-11/h3-8H,15-16H2,1-2H3. The first-order chi connectivity index (χ1) is 8.58. The molecule has 0 atom stereocenters. The summed E-state index contributed by atoms with van der Waals surface area (Å²) < 4.78 is 2.91. The van der Waals surface area contributed by atoms with E-state index in [4.69, 9.17) is 11.5 Å². The summed E-state index contributed by atoms with van der Waals surface area (Å²) in [7, 11) is 0. The molecule has 0 unspecified atom stereocenters. The van der Waals surface area contributed by atoms with E-state index in [1.165, 1.54) is 18.3 Å². The topological polar surface area (TPSA) is 52.0 Å². The molecular formula is C14H16N2Te2. The van der Waals surface area contributed by atoms with E-state index in [1.807, 2.05) is 6.07 Å². The van der Waals surface area contributed by atoms with Gasteiger partial charge in [0.2, 0.25) is 0 Å². The Morgan fingerprint density at radius 3 is 2.39 bits per heavy atom. The van der Waals surface area contributed by atoms with Crippen molar-refractivity contribution in [3.8, 4) is 0 Å². The van der Waals surface area contributed by atoms with E-state index in [1.54, 1.807) is 0 Å². The second-order valence-electron chi connectivity index (χ2n) is 4.17. The molecule has 0 fully saturated rings. The van der Waals surface area contributed by atoms with Gasteiger partial charge in [0, 0.05) is 0 Å². The molecule has 0 aromatic heterocycles. The van der Waals surface area contributed by atoms with Crippen LogP contribution in [0.1, 0.15) is 11.1 Å². The van der Waals surface area contributed by atoms with E-state index < -0.39 is 0 Å². The number of rotatable bonds is 3. The average molecular weight is 467 g/mol. The summed E-state index contributed by atoms with van der Waals surface area (Å²) in [6.07, 6.45) is 0. The van der Waals surface area contributed by atoms with E-state index in [0.717, 1.165) is 11.4 Å². The number of para-hydroxylation sites is 1. The number of anilines is 2. The van der Waals surface area contributed by atoms with E-state index in [9.17, 15) is 0 Å². The Bertz CT molecular complexity index is 568. The van der Waals surface area contributed by atoms with Gasteiger partial charge in [0.15, 0.2) is 0 Å². The molecule has 2 aromatic rings. The molecule has 0 saturated carbocycles. The van der Waals surface area contributed by atoms with Gasteiger partial charge in [-0.3, -0.25) is 0 Å². The molecule has 0 amide bonds. The Balaban J connectivity index is 2.11. The van der Waals surface area contributed by atoms with Crippen LogP contribution in [0.4, 0.5) is 11.4 Å². The molecule has 2 nitrogen and oxygen atoms in total. The van der Waals surface area contributed by atoms with Gasteiger partial charge in [-0.15, -0.1) is 0 Å². The third-order valence-corrected chi connectivity index (χ3v) is 14.5. The van der Waals surface area contributed by atoms with Crippen LogP contribution in [0, 0.1) is 13.8 Å². The van der Waals surface area contributed by atoms with Crippen molar-refractivity contribution in [1.82, 2.24) is 0 Å². The number of hydrogen-bond acceptors (Lipinski definition) is 2. The first kappa shape index (κ1) is 14.0. The second-order valence-corrected chi connectivity index (χ2v) is 14.1. The van der Waals surface area contributed by atoms with Crippen molar-refractivity contribution < 1.29 is 0 Å². The third kappa shape index (κ3) is 3.34. The molecule has 0 aliphatic carbocycles. The van der Waals surface area contributed by atoms with Gasteiger partial charge >= 0.3 is 126 Å². The van der Waals surface area contributed by atoms with Gasteiger partial charge in [-0.1, -0.05) is 0 Å². The summed E-state index contributed by atoms with van der Waals surface area (Å²) in [4.78, 5) is 0. The van der Waals surface area contributed by atoms with Crippen LogP contribution < -0.4 is 18.7 Å². The quantitative estimate of drug-likeness (QED) is 0.517. The van der Waals surface area contributed by atoms with Crippen molar-refractivity contribution in [3.63, 3.8) is 0 Å². The number of nitrogens with two attached hydrogens (primary N) is 2. The maximum absolute atomic E-state index is 6.13. The summed E-state index contributed by atoms with van der Waals surface area (Å²) in [5.74, 6) is 0. The Morgan fingerprint density at radius 1 is 0.889 bits per heavy atom. The predicted octanol–water partition coefficient (Wildman–Crippen LogP) is 0.742. The number of aryl methyl sites for hydroxylation is 2. The van der Waals surface area contributed by atoms with Gasteiger partial charge in [-0.25, -0.2) is 0 Å². The second kappa shape index (κ2) is 6.18. The molecule has 0 aliphatic rings. The van der Waals surface area contributed by atoms with Crippen molar-refractivity contribution in [3.05, 3.63) is 47.5 Å². The molecule has 18 heavy (non-hydrogen) atoms. The molecule has 0 heterocycles. The van der Waals surface area contributed by atoms with Crippen LogP contribution in [0.5, 0.6) is 0 Å². The first-order valence-electron chi connectivity index (χ1n) is 5.63. The van der Waals surface area contributed by atoms with Crippen molar-refractivity contribution in [2.75, 3.05) is 11.5 Å². The Morgan fingerprint density at radius 2 is 1.67 bits per heavy atom. The van der Waals surface area contributed by atoms with Crippen LogP contribution in [-0.4, -0.2) is 34.1 Å². The molecule has 0 saturated heterocycles. The molecule has 4 N–H and O–H groups in total. The van der Waals surface area contributed by atoms with Crippen molar-refractivity contribution in [2.45, 2.75) is 13.8 Å². The Kier molecular flexibility index (Phi) is 4.82. The zero-order valence-electron chi connectivity index (χ0n) is 10.4. The number of benzene rings is 2. The SMILES string of the molecule is Cc1cc([Te][Te]c2cccc(C)c2N)ccc1N. The third-order valence-electron chi connectivity index (χ3n) is 2.75. The maximum atomic E-state index is 6.13. The number of hydrogen-bond donors (Lipinski definition) is 2. The summed E-state index contributed by atoms with van der Waals surface area (Å²) in [5, 5.41) is 0. The summed E-state index contributed by atoms with van der Waals surface area (Å²) >= 11 is -0.245. The van der Waals surface area contributed by atoms with Gasteiger partial charge in [-0.2, -0.15) is 0 Å². The molecule has 4 heteroatoms. The molecule has 0 spiro atoms. The average Bonchev–Trinajstić information content (AvgIpc) is 2.35. The van der Waals surface area contributed by atoms with Crippen molar-refractivity contribution in [2.24, 2.45) is 0 Å². The van der Waals surface area contributed by atoms with Gasteiger partial charge < -0.3 is 0 Å². The van der Waals surface area contributed by atoms with Crippen LogP contribution in [0.2, 0.25) is 0 Å². The van der Waals surface area contributed by atoms with E-state index >= 15 is 0 Å². The van der Waals surface area contributed by atoms with E-state index in [-0.39, 0.29) is 34.1 Å². The molecule has 2 aromatic carbocycles. The van der Waals surface area contributed by atoms with Gasteiger partial charge in [0.25, 0.3) is 0 Å². The van der Waals surface area contributed by atoms with Crippen molar-refractivity contribution in [1.29, 1.82) is 0 Å². The van der Waals surface area contributed by atoms with E-state index in [2.05, 4.69) is 44.2 Å². The first-order valence-corrected chi connectivity index (χ1v) is 15.3. The van der Waals surface area contributed by atoms with Crippen LogP contribution in [0.3, 0.4) is 0 Å². The summed E-state index contributed by atoms with van der Waals surface area (Å²) in [5.41, 5.74) is 16.3. The van der Waals surface area contributed by atoms with Gasteiger partial charge in [0.1, 0.15) is 0 Å². The Hall–Kier alpha value is -0.381. The number of nitrogen functional groups attached to an aromatic ring is 2. The molecule has 94 valence electrons. The molecule has 0 aliphatic heterocycles. The van der Waals surface area contributed by atoms with Crippen LogP contribution in [0.15, 0.2) is 36.4 Å². The molecule has 0 bridgehead atoms. The van der Waals surface area contributed by atoms with Crippen molar-refractivity contribution >= 4 is 52.7 Å². The summed E-state index contributed by atoms with van der Waals surface area (Å²) in [6, 6.07) is 12.9. The fourth-order valence-electron chi connectivity index (χ4n) is 1.52. The van der Waals surface area contributed by atoms with Crippen LogP contribution in [0.25, 0.3) is 0 Å². The zero-order chi connectivity index (χ0) is 13.1. The van der Waals surface area contributed by atoms with Gasteiger partial charge in [0.05, 0.1) is 0 Å². The predicted molar refractivity (Wildman–Crippen MR) is 82.0 cm³/mol. The van der Waals surface area contributed by atoms with Crippen LogP contribution >= 0.6 is 0 Å². The molecular weight excluding hydrogens is 451 g/mol. The monoisotopic (exact) mass is 472 g/mol. The van der Waals surface area contributed by atoms with Crippen LogP contribution in [-0.2, 0) is 0 Å². The fourth-order valence-corrected chi connectivity index (χ4v) is 12.5. The summed E-state index contributed by atoms with van der Waals surface area (Å²) in [6.45, 7) is 4.16. The minimum atomic E-state index is -0.139. The molecule has 2 rings (SSSR count). The minimum absolute atomic E-state index is 0.106. The van der Waals surface area contributed by atoms with Gasteiger partial charge in [-0.05, 0) is 0 Å². The fraction of sp³-hybridized carbons (Fsp3) is 0.143. The Labute approximate surface area is 124 Å².